The van der Waals surface area contributed by atoms with Gasteiger partial charge in [0.1, 0.15) is 5.82 Å². The topological polar surface area (TPSA) is 112 Å². The third-order valence-corrected chi connectivity index (χ3v) is 5.55. The van der Waals surface area contributed by atoms with Gasteiger partial charge in [-0.1, -0.05) is 23.1 Å². The summed E-state index contributed by atoms with van der Waals surface area (Å²) in [5.74, 6) is -2.66. The Morgan fingerprint density at radius 1 is 1.35 bits per heavy atom. The van der Waals surface area contributed by atoms with E-state index in [1.54, 1.807) is 0 Å². The Morgan fingerprint density at radius 2 is 2.08 bits per heavy atom. The lowest BCUT2D eigenvalue weighted by Crippen LogP contribution is -2.28. The van der Waals surface area contributed by atoms with Crippen molar-refractivity contribution in [1.82, 2.24) is 10.2 Å². The lowest BCUT2D eigenvalue weighted by Gasteiger charge is -2.16. The number of carboxylic acid groups (broad SMARTS) is 1. The second-order valence-corrected chi connectivity index (χ2v) is 7.63. The highest BCUT2D eigenvalue weighted by Crippen LogP contribution is 2.28. The Hall–Kier alpha value is -2.53. The SMILES string of the molecule is O=C(O)CSc1nnc(NC(=O)[C@H]2CC(=O)N(c3ccc(F)cc3)C2)s1. The number of aromatic nitrogens is 2. The number of hydrogen-bond donors (Lipinski definition) is 2. The van der Waals surface area contributed by atoms with Crippen LogP contribution in [0.25, 0.3) is 0 Å². The maximum atomic E-state index is 13.0. The first-order valence-electron chi connectivity index (χ1n) is 7.47. The number of rotatable bonds is 6. The minimum Gasteiger partial charge on any atom is -0.481 e. The Balaban J connectivity index is 1.59. The molecule has 0 radical (unpaired) electrons. The molecule has 1 atom stereocenters. The minimum absolute atomic E-state index is 0.0443. The van der Waals surface area contributed by atoms with E-state index >= 15 is 0 Å². The maximum absolute atomic E-state index is 13.0. The summed E-state index contributed by atoms with van der Waals surface area (Å²) in [6.45, 7) is 0.190. The molecule has 1 aliphatic heterocycles. The Bertz CT molecular complexity index is 842. The summed E-state index contributed by atoms with van der Waals surface area (Å²) in [7, 11) is 0. The number of thioether (sulfide) groups is 1. The van der Waals surface area contributed by atoms with Crippen molar-refractivity contribution in [2.24, 2.45) is 5.92 Å². The third kappa shape index (κ3) is 4.35. The van der Waals surface area contributed by atoms with Gasteiger partial charge in [0.05, 0.1) is 11.7 Å². The predicted molar refractivity (Wildman–Crippen MR) is 93.8 cm³/mol. The molecule has 26 heavy (non-hydrogen) atoms. The smallest absolute Gasteiger partial charge is 0.313 e. The zero-order chi connectivity index (χ0) is 18.7. The summed E-state index contributed by atoms with van der Waals surface area (Å²) in [4.78, 5) is 36.5. The van der Waals surface area contributed by atoms with E-state index in [1.165, 1.54) is 29.2 Å². The van der Waals surface area contributed by atoms with Gasteiger partial charge in [0.25, 0.3) is 0 Å². The highest BCUT2D eigenvalue weighted by Gasteiger charge is 2.35. The van der Waals surface area contributed by atoms with Crippen molar-refractivity contribution >= 4 is 51.7 Å². The van der Waals surface area contributed by atoms with Crippen LogP contribution in [0.3, 0.4) is 0 Å². The van der Waals surface area contributed by atoms with E-state index < -0.39 is 17.7 Å². The molecule has 0 aliphatic carbocycles. The van der Waals surface area contributed by atoms with Crippen molar-refractivity contribution < 1.29 is 23.9 Å². The molecular formula is C15H13FN4O4S2. The largest absolute Gasteiger partial charge is 0.481 e. The van der Waals surface area contributed by atoms with Crippen molar-refractivity contribution in [3.63, 3.8) is 0 Å². The summed E-state index contributed by atoms with van der Waals surface area (Å²) in [5.41, 5.74) is 0.537. The van der Waals surface area contributed by atoms with Crippen molar-refractivity contribution in [3.05, 3.63) is 30.1 Å². The Morgan fingerprint density at radius 3 is 2.77 bits per heavy atom. The summed E-state index contributed by atoms with van der Waals surface area (Å²) in [6.07, 6.45) is 0.0443. The standard InChI is InChI=1S/C15H13FN4O4S2/c16-9-1-3-10(4-2-9)20-6-8(5-11(20)21)13(24)17-14-18-19-15(26-14)25-7-12(22)23/h1-4,8H,5-7H2,(H,22,23)(H,17,18,24)/t8-/m0/s1. The first kappa shape index (κ1) is 18.3. The number of carbonyl (C=O) groups is 3. The Kier molecular flexibility index (Phi) is 5.47. The summed E-state index contributed by atoms with van der Waals surface area (Å²) < 4.78 is 13.4. The molecule has 1 aromatic heterocycles. The molecule has 1 aliphatic rings. The summed E-state index contributed by atoms with van der Waals surface area (Å²) in [6, 6.07) is 5.50. The van der Waals surface area contributed by atoms with Gasteiger partial charge in [-0.05, 0) is 24.3 Å². The molecule has 2 amide bonds. The van der Waals surface area contributed by atoms with Crippen LogP contribution in [0.5, 0.6) is 0 Å². The number of halogens is 1. The summed E-state index contributed by atoms with van der Waals surface area (Å²) in [5, 5.41) is 19.1. The van der Waals surface area contributed by atoms with Crippen LogP contribution in [-0.4, -0.2) is 45.4 Å². The first-order valence-corrected chi connectivity index (χ1v) is 9.27. The molecule has 0 bridgehead atoms. The molecule has 2 heterocycles. The van der Waals surface area contributed by atoms with Gasteiger partial charge < -0.3 is 15.3 Å². The molecule has 136 valence electrons. The summed E-state index contributed by atoms with van der Waals surface area (Å²) >= 11 is 2.08. The fourth-order valence-corrected chi connectivity index (χ4v) is 3.88. The van der Waals surface area contributed by atoms with Gasteiger partial charge in [-0.15, -0.1) is 10.2 Å². The molecule has 11 heteroatoms. The van der Waals surface area contributed by atoms with E-state index in [2.05, 4.69) is 15.5 Å². The van der Waals surface area contributed by atoms with E-state index in [1.807, 2.05) is 0 Å². The molecule has 0 saturated carbocycles. The first-order chi connectivity index (χ1) is 12.4. The second kappa shape index (κ2) is 7.79. The van der Waals surface area contributed by atoms with Crippen LogP contribution in [0, 0.1) is 11.7 Å². The van der Waals surface area contributed by atoms with E-state index in [9.17, 15) is 18.8 Å². The number of carbonyl (C=O) groups excluding carboxylic acids is 2. The molecule has 3 rings (SSSR count). The number of nitrogens with zero attached hydrogens (tertiary/aromatic N) is 3. The van der Waals surface area contributed by atoms with Crippen LogP contribution in [-0.2, 0) is 14.4 Å². The van der Waals surface area contributed by atoms with E-state index in [0.29, 0.717) is 10.0 Å². The van der Waals surface area contributed by atoms with Gasteiger partial charge in [-0.3, -0.25) is 14.4 Å². The predicted octanol–water partition coefficient (Wildman–Crippen LogP) is 1.85. The molecule has 0 spiro atoms. The number of amides is 2. The molecule has 8 nitrogen and oxygen atoms in total. The minimum atomic E-state index is -0.971. The van der Waals surface area contributed by atoms with Gasteiger partial charge in [-0.25, -0.2) is 4.39 Å². The molecule has 2 N–H and O–H groups in total. The zero-order valence-electron chi connectivity index (χ0n) is 13.2. The van der Waals surface area contributed by atoms with Gasteiger partial charge in [0, 0.05) is 18.7 Å². The molecule has 1 saturated heterocycles. The fraction of sp³-hybridized carbons (Fsp3) is 0.267. The van der Waals surface area contributed by atoms with Crippen molar-refractivity contribution in [1.29, 1.82) is 0 Å². The number of nitrogens with one attached hydrogen (secondary N) is 1. The number of anilines is 2. The van der Waals surface area contributed by atoms with Crippen LogP contribution in [0.15, 0.2) is 28.6 Å². The van der Waals surface area contributed by atoms with Gasteiger partial charge in [-0.2, -0.15) is 0 Å². The van der Waals surface area contributed by atoms with Crippen LogP contribution in [0.4, 0.5) is 15.2 Å². The maximum Gasteiger partial charge on any atom is 0.313 e. The van der Waals surface area contributed by atoms with Gasteiger partial charge in [0.2, 0.25) is 16.9 Å². The molecule has 2 aromatic rings. The average Bonchev–Trinajstić information content (AvgIpc) is 3.20. The number of hydrogen-bond acceptors (Lipinski definition) is 7. The number of benzene rings is 1. The normalized spacial score (nSPS) is 16.7. The number of aliphatic carboxylic acids is 1. The quantitative estimate of drug-likeness (QED) is 0.566. The molecule has 1 fully saturated rings. The third-order valence-electron chi connectivity index (χ3n) is 3.59. The van der Waals surface area contributed by atoms with Crippen LogP contribution in [0.2, 0.25) is 0 Å². The highest BCUT2D eigenvalue weighted by molar-refractivity contribution is 8.01. The van der Waals surface area contributed by atoms with Crippen LogP contribution < -0.4 is 10.2 Å². The highest BCUT2D eigenvalue weighted by atomic mass is 32.2. The zero-order valence-corrected chi connectivity index (χ0v) is 14.8. The molecule has 0 unspecified atom stereocenters. The van der Waals surface area contributed by atoms with Crippen LogP contribution >= 0.6 is 23.1 Å². The van der Waals surface area contributed by atoms with Gasteiger partial charge >= 0.3 is 5.97 Å². The monoisotopic (exact) mass is 396 g/mol. The number of carboxylic acids is 1. The van der Waals surface area contributed by atoms with Crippen LogP contribution in [0.1, 0.15) is 6.42 Å². The lowest BCUT2D eigenvalue weighted by atomic mass is 10.1. The Labute approximate surface area is 155 Å². The van der Waals surface area contributed by atoms with E-state index in [-0.39, 0.29) is 35.7 Å². The average molecular weight is 396 g/mol. The van der Waals surface area contributed by atoms with Gasteiger partial charge in [0.15, 0.2) is 4.34 Å². The van der Waals surface area contributed by atoms with Crippen molar-refractivity contribution in [2.45, 2.75) is 10.8 Å². The molecule has 1 aromatic carbocycles. The second-order valence-electron chi connectivity index (χ2n) is 5.43. The van der Waals surface area contributed by atoms with Crippen molar-refractivity contribution in [3.8, 4) is 0 Å². The van der Waals surface area contributed by atoms with E-state index in [4.69, 9.17) is 5.11 Å². The van der Waals surface area contributed by atoms with E-state index in [0.717, 1.165) is 23.1 Å². The molecular weight excluding hydrogens is 383 g/mol. The lowest BCUT2D eigenvalue weighted by molar-refractivity contribution is -0.134. The van der Waals surface area contributed by atoms with Crippen molar-refractivity contribution in [2.75, 3.05) is 22.5 Å². The fourth-order valence-electron chi connectivity index (χ4n) is 2.40.